The number of thioether (sulfide) groups is 1. The van der Waals surface area contributed by atoms with Gasteiger partial charge in [-0.2, -0.15) is 0 Å². The smallest absolute Gasteiger partial charge is 0.303 e. The minimum Gasteiger partial charge on any atom is -0.463 e. The number of ether oxygens (including phenoxy) is 5. The number of hydrogen-bond acceptors (Lipinski definition) is 12. The highest BCUT2D eigenvalue weighted by molar-refractivity contribution is 7.99. The van der Waals surface area contributed by atoms with E-state index in [0.29, 0.717) is 0 Å². The molecule has 0 aromatic carbocycles. The molecule has 13 heteroatoms. The van der Waals surface area contributed by atoms with Gasteiger partial charge in [-0.25, -0.2) is 0 Å². The largest absolute Gasteiger partial charge is 0.463 e. The average molecular weight is 450 g/mol. The molecule has 4 N–H and O–H groups in total. The maximum Gasteiger partial charge on any atom is 0.303 e. The Morgan fingerprint density at radius 2 is 1.37 bits per heavy atom. The second-order valence-corrected chi connectivity index (χ2v) is 7.54. The van der Waals surface area contributed by atoms with Crippen molar-refractivity contribution in [3.05, 3.63) is 0 Å². The van der Waals surface area contributed by atoms with Gasteiger partial charge in [-0.15, -0.1) is 11.8 Å². The third-order valence-electron chi connectivity index (χ3n) is 3.75. The molecule has 1 amide bonds. The SMILES string of the molecule is CC(=O)OCC1O[C@@H](SCC(N)C(N)=O)C(OC(C)=O)C(OC(C)=O)[C@@H]1OC(C)=O. The van der Waals surface area contributed by atoms with E-state index in [1.807, 2.05) is 0 Å². The van der Waals surface area contributed by atoms with E-state index in [1.54, 1.807) is 0 Å². The number of rotatable bonds is 9. The first-order valence-corrected chi connectivity index (χ1v) is 9.94. The van der Waals surface area contributed by atoms with E-state index in [0.717, 1.165) is 32.5 Å². The summed E-state index contributed by atoms with van der Waals surface area (Å²) in [6, 6.07) is -1.03. The molecule has 1 aliphatic rings. The highest BCUT2D eigenvalue weighted by Crippen LogP contribution is 2.34. The highest BCUT2D eigenvalue weighted by atomic mass is 32.2. The van der Waals surface area contributed by atoms with Gasteiger partial charge < -0.3 is 35.2 Å². The van der Waals surface area contributed by atoms with E-state index in [9.17, 15) is 24.0 Å². The van der Waals surface area contributed by atoms with Crippen LogP contribution in [0, 0.1) is 0 Å². The molecule has 0 spiro atoms. The maximum atomic E-state index is 11.7. The van der Waals surface area contributed by atoms with Crippen LogP contribution < -0.4 is 11.5 Å². The van der Waals surface area contributed by atoms with Crippen LogP contribution in [0.25, 0.3) is 0 Å². The maximum absolute atomic E-state index is 11.7. The summed E-state index contributed by atoms with van der Waals surface area (Å²) in [5.41, 5.74) is 9.79. The molecule has 12 nitrogen and oxygen atoms in total. The Balaban J connectivity index is 3.27. The van der Waals surface area contributed by atoms with Crippen LogP contribution in [0.3, 0.4) is 0 Å². The van der Waals surface area contributed by atoms with Gasteiger partial charge in [0.2, 0.25) is 5.91 Å². The first-order valence-electron chi connectivity index (χ1n) is 8.89. The predicted octanol–water partition coefficient (Wildman–Crippen LogP) is -1.38. The second kappa shape index (κ2) is 11.7. The van der Waals surface area contributed by atoms with Gasteiger partial charge in [0, 0.05) is 33.4 Å². The minimum absolute atomic E-state index is 0.0108. The fourth-order valence-corrected chi connectivity index (χ4v) is 3.79. The molecule has 170 valence electrons. The molecular weight excluding hydrogens is 424 g/mol. The Kier molecular flexibility index (Phi) is 10.0. The van der Waals surface area contributed by atoms with Gasteiger partial charge in [0.1, 0.15) is 18.1 Å². The average Bonchev–Trinajstić information content (AvgIpc) is 2.60. The molecule has 0 radical (unpaired) electrons. The molecule has 4 unspecified atom stereocenters. The summed E-state index contributed by atoms with van der Waals surface area (Å²) in [4.78, 5) is 57.4. The molecule has 0 aliphatic carbocycles. The first kappa shape index (κ1) is 25.7. The number of primary amides is 1. The van der Waals surface area contributed by atoms with Gasteiger partial charge in [-0.3, -0.25) is 24.0 Å². The molecule has 1 fully saturated rings. The molecule has 0 aromatic heterocycles. The van der Waals surface area contributed by atoms with Crippen molar-refractivity contribution in [2.45, 2.75) is 63.6 Å². The van der Waals surface area contributed by atoms with E-state index in [1.165, 1.54) is 6.92 Å². The Morgan fingerprint density at radius 3 is 1.83 bits per heavy atom. The minimum atomic E-state index is -1.27. The summed E-state index contributed by atoms with van der Waals surface area (Å²) in [5.74, 6) is -3.56. The molecule has 6 atom stereocenters. The van der Waals surface area contributed by atoms with Crippen molar-refractivity contribution in [1.82, 2.24) is 0 Å². The molecule has 0 aromatic rings. The molecule has 1 saturated heterocycles. The third-order valence-corrected chi connectivity index (χ3v) is 5.01. The predicted molar refractivity (Wildman–Crippen MR) is 102 cm³/mol. The number of amides is 1. The van der Waals surface area contributed by atoms with E-state index in [2.05, 4.69) is 0 Å². The van der Waals surface area contributed by atoms with E-state index < -0.39 is 65.7 Å². The zero-order valence-corrected chi connectivity index (χ0v) is 17.8. The summed E-state index contributed by atoms with van der Waals surface area (Å²) in [6.07, 6.45) is -4.78. The van der Waals surface area contributed by atoms with Crippen molar-refractivity contribution in [3.63, 3.8) is 0 Å². The van der Waals surface area contributed by atoms with E-state index >= 15 is 0 Å². The Morgan fingerprint density at radius 1 is 0.867 bits per heavy atom. The first-order chi connectivity index (χ1) is 13.9. The fraction of sp³-hybridized carbons (Fsp3) is 0.706. The topological polar surface area (TPSA) is 184 Å². The lowest BCUT2D eigenvalue weighted by atomic mass is 9.99. The molecule has 1 heterocycles. The Hall–Kier alpha value is -2.38. The molecule has 0 saturated carbocycles. The summed E-state index contributed by atoms with van der Waals surface area (Å²) < 4.78 is 26.6. The zero-order chi connectivity index (χ0) is 23.0. The molecule has 30 heavy (non-hydrogen) atoms. The number of hydrogen-bond donors (Lipinski definition) is 2. The van der Waals surface area contributed by atoms with Gasteiger partial charge in [-0.1, -0.05) is 0 Å². The fourth-order valence-electron chi connectivity index (χ4n) is 2.60. The van der Waals surface area contributed by atoms with Crippen molar-refractivity contribution in [3.8, 4) is 0 Å². The standard InChI is InChI=1S/C17H26N2O10S/c1-7(20)25-5-12-13(26-8(2)21)14(27-9(3)22)15(28-10(4)23)17(29-12)30-6-11(18)16(19)24/h11-15,17H,5-6,18H2,1-4H3,(H2,19,24)/t11?,12?,13-,14?,15?,17+/m1/s1. The molecule has 1 rings (SSSR count). The van der Waals surface area contributed by atoms with Crippen LogP contribution >= 0.6 is 11.8 Å². The van der Waals surface area contributed by atoms with Crippen molar-refractivity contribution in [1.29, 1.82) is 0 Å². The van der Waals surface area contributed by atoms with Gasteiger partial charge in [0.25, 0.3) is 0 Å². The van der Waals surface area contributed by atoms with Crippen LogP contribution in [-0.4, -0.2) is 78.0 Å². The van der Waals surface area contributed by atoms with E-state index in [4.69, 9.17) is 35.2 Å². The number of esters is 4. The lowest BCUT2D eigenvalue weighted by Crippen LogP contribution is -2.61. The summed E-state index contributed by atoms with van der Waals surface area (Å²) in [5, 5.41) is 0. The van der Waals surface area contributed by atoms with Crippen LogP contribution in [-0.2, 0) is 47.7 Å². The van der Waals surface area contributed by atoms with Crippen LogP contribution in [0.2, 0.25) is 0 Å². The Bertz CT molecular complexity index is 673. The number of carbonyl (C=O) groups excluding carboxylic acids is 5. The van der Waals surface area contributed by atoms with E-state index in [-0.39, 0.29) is 12.4 Å². The van der Waals surface area contributed by atoms with Crippen molar-refractivity contribution in [2.24, 2.45) is 11.5 Å². The molecule has 1 aliphatic heterocycles. The molecule has 0 bridgehead atoms. The van der Waals surface area contributed by atoms with Gasteiger partial charge in [-0.05, 0) is 0 Å². The van der Waals surface area contributed by atoms with Crippen molar-refractivity contribution < 1.29 is 47.7 Å². The summed E-state index contributed by atoms with van der Waals surface area (Å²) >= 11 is 0.976. The van der Waals surface area contributed by atoms with Crippen LogP contribution in [0.1, 0.15) is 27.7 Å². The molecular formula is C17H26N2O10S. The highest BCUT2D eigenvalue weighted by Gasteiger charge is 2.52. The second-order valence-electron chi connectivity index (χ2n) is 6.41. The van der Waals surface area contributed by atoms with Crippen molar-refractivity contribution >= 4 is 41.5 Å². The van der Waals surface area contributed by atoms with Crippen LogP contribution in [0.15, 0.2) is 0 Å². The van der Waals surface area contributed by atoms with Gasteiger partial charge >= 0.3 is 23.9 Å². The van der Waals surface area contributed by atoms with Crippen molar-refractivity contribution in [2.75, 3.05) is 12.4 Å². The normalized spacial score (nSPS) is 26.8. The monoisotopic (exact) mass is 450 g/mol. The lowest BCUT2D eigenvalue weighted by Gasteiger charge is -2.44. The third kappa shape index (κ3) is 8.16. The Labute approximate surface area is 177 Å². The lowest BCUT2D eigenvalue weighted by molar-refractivity contribution is -0.237. The quantitative estimate of drug-likeness (QED) is 0.310. The van der Waals surface area contributed by atoms with Crippen LogP contribution in [0.4, 0.5) is 0 Å². The number of nitrogens with two attached hydrogens (primary N) is 2. The van der Waals surface area contributed by atoms with Crippen LogP contribution in [0.5, 0.6) is 0 Å². The summed E-state index contributed by atoms with van der Waals surface area (Å²) in [6.45, 7) is 4.22. The van der Waals surface area contributed by atoms with Gasteiger partial charge in [0.15, 0.2) is 18.3 Å². The number of carbonyl (C=O) groups is 5. The zero-order valence-electron chi connectivity index (χ0n) is 17.0. The summed E-state index contributed by atoms with van der Waals surface area (Å²) in [7, 11) is 0. The van der Waals surface area contributed by atoms with Gasteiger partial charge in [0.05, 0.1) is 6.04 Å².